The summed E-state index contributed by atoms with van der Waals surface area (Å²) in [5, 5.41) is 12.0. The van der Waals surface area contributed by atoms with E-state index in [0.717, 1.165) is 30.1 Å². The minimum absolute atomic E-state index is 0. The Morgan fingerprint density at radius 1 is 1.04 bits per heavy atom. The number of nitrogens with zero attached hydrogens (tertiary/aromatic N) is 1. The zero-order chi connectivity index (χ0) is 18.4. The molecule has 3 nitrogen and oxygen atoms in total. The van der Waals surface area contributed by atoms with E-state index in [2.05, 4.69) is 35.8 Å². The first-order valence-corrected chi connectivity index (χ1v) is 9.89. The molecule has 0 bridgehead atoms. The third-order valence-corrected chi connectivity index (χ3v) is 5.91. The molecule has 0 saturated heterocycles. The number of hydrogen-bond donors (Lipinski definition) is 1. The van der Waals surface area contributed by atoms with E-state index < -0.39 is 6.10 Å². The van der Waals surface area contributed by atoms with E-state index in [-0.39, 0.29) is 17.0 Å². The second-order valence-corrected chi connectivity index (χ2v) is 7.40. The molecule has 2 aromatic carbocycles. The number of aromatic nitrogens is 1. The van der Waals surface area contributed by atoms with E-state index in [1.807, 2.05) is 43.3 Å². The summed E-state index contributed by atoms with van der Waals surface area (Å²) in [4.78, 5) is 1.28. The monoisotopic (exact) mass is 449 g/mol. The number of hydrogen-bond acceptors (Lipinski definition) is 3. The van der Waals surface area contributed by atoms with Crippen molar-refractivity contribution in [1.29, 1.82) is 0 Å². The number of aliphatic hydroxyl groups excluding tert-OH is 1. The Labute approximate surface area is 176 Å². The van der Waals surface area contributed by atoms with Crippen molar-refractivity contribution in [2.75, 3.05) is 13.2 Å². The van der Waals surface area contributed by atoms with Gasteiger partial charge in [-0.2, -0.15) is 4.57 Å². The Bertz CT molecular complexity index is 821. The third kappa shape index (κ3) is 5.48. The molecule has 1 N–H and O–H groups in total. The highest BCUT2D eigenvalue weighted by molar-refractivity contribution is 7.11. The van der Waals surface area contributed by atoms with Gasteiger partial charge in [-0.1, -0.05) is 72.0 Å². The normalized spacial score (nSPS) is 11.8. The standard InChI is InChI=1S/C22H26NO2S.BrH/c1-3-25-15-14-20-17(2)23(16-18-10-6-4-7-11-18)22(26-20)21(24)19-12-8-5-9-13-19;/h4-13,21,24H,3,14-16H2,1-2H3;1H/q+1;/p-1/i21+1,22+1;. The van der Waals surface area contributed by atoms with Crippen molar-refractivity contribution in [1.82, 2.24) is 0 Å². The van der Waals surface area contributed by atoms with Crippen molar-refractivity contribution in [2.24, 2.45) is 0 Å². The molecule has 1 heterocycles. The number of aliphatic hydroxyl groups is 1. The lowest BCUT2D eigenvalue weighted by Gasteiger charge is -2.08. The highest BCUT2D eigenvalue weighted by Crippen LogP contribution is 2.28. The fourth-order valence-corrected chi connectivity index (χ4v) is 4.31. The first-order valence-electron chi connectivity index (χ1n) is 9.07. The highest BCUT2D eigenvalue weighted by atomic mass is 79.9. The van der Waals surface area contributed by atoms with E-state index in [9.17, 15) is 5.11 Å². The number of rotatable bonds is 8. The number of halogens is 1. The number of ether oxygens (including phenoxy) is 1. The summed E-state index contributed by atoms with van der Waals surface area (Å²) in [6, 6.07) is 20.3. The molecule has 0 aliphatic heterocycles. The summed E-state index contributed by atoms with van der Waals surface area (Å²) >= 11 is 1.69. The van der Waals surface area contributed by atoms with Crippen LogP contribution in [-0.4, -0.2) is 18.3 Å². The lowest BCUT2D eigenvalue weighted by molar-refractivity contribution is -0.699. The van der Waals surface area contributed by atoms with Crippen LogP contribution in [0.2, 0.25) is 0 Å². The van der Waals surface area contributed by atoms with Crippen LogP contribution in [0.15, 0.2) is 60.7 Å². The number of thiazole rings is 1. The topological polar surface area (TPSA) is 33.3 Å². The first kappa shape index (κ1) is 21.8. The smallest absolute Gasteiger partial charge is 0.271 e. The van der Waals surface area contributed by atoms with Crippen LogP contribution in [0.1, 0.15) is 39.7 Å². The molecule has 0 saturated carbocycles. The minimum Gasteiger partial charge on any atom is -1.00 e. The van der Waals surface area contributed by atoms with Gasteiger partial charge in [0.1, 0.15) is 0 Å². The van der Waals surface area contributed by atoms with Crippen LogP contribution in [0.5, 0.6) is 0 Å². The van der Waals surface area contributed by atoms with Crippen LogP contribution in [0.3, 0.4) is 0 Å². The average molecular weight is 450 g/mol. The quantitative estimate of drug-likeness (QED) is 0.316. The molecule has 0 aliphatic rings. The van der Waals surface area contributed by atoms with Gasteiger partial charge in [-0.3, -0.25) is 0 Å². The van der Waals surface area contributed by atoms with Gasteiger partial charge in [-0.25, -0.2) is 0 Å². The Balaban J connectivity index is 0.00000261. The van der Waals surface area contributed by atoms with Crippen molar-refractivity contribution in [3.63, 3.8) is 0 Å². The predicted molar refractivity (Wildman–Crippen MR) is 105 cm³/mol. The summed E-state index contributed by atoms with van der Waals surface area (Å²) in [6.07, 6.45) is 0.255. The molecular weight excluding hydrogens is 424 g/mol. The average Bonchev–Trinajstić information content (AvgIpc) is 2.99. The first-order chi connectivity index (χ1) is 12.7. The Morgan fingerprint density at radius 3 is 2.30 bits per heavy atom. The van der Waals surface area contributed by atoms with Gasteiger partial charge in [0.25, 0.3) is 5.01 Å². The molecule has 27 heavy (non-hydrogen) atoms. The summed E-state index contributed by atoms with van der Waals surface area (Å²) in [6.45, 7) is 6.36. The van der Waals surface area contributed by atoms with Gasteiger partial charge >= 0.3 is 0 Å². The van der Waals surface area contributed by atoms with Crippen molar-refractivity contribution >= 4 is 11.3 Å². The van der Waals surface area contributed by atoms with Gasteiger partial charge in [0, 0.05) is 25.5 Å². The van der Waals surface area contributed by atoms with E-state index in [4.69, 9.17) is 4.74 Å². The van der Waals surface area contributed by atoms with Gasteiger partial charge < -0.3 is 26.8 Å². The molecule has 3 rings (SSSR count). The zero-order valence-corrected chi connectivity index (χ0v) is 18.2. The molecule has 1 aromatic heterocycles. The van der Waals surface area contributed by atoms with E-state index >= 15 is 0 Å². The fraction of sp³-hybridized carbons (Fsp3) is 0.318. The van der Waals surface area contributed by atoms with Crippen molar-refractivity contribution < 1.29 is 31.4 Å². The molecule has 0 fully saturated rings. The summed E-state index contributed by atoms with van der Waals surface area (Å²) in [7, 11) is 0. The van der Waals surface area contributed by atoms with Gasteiger partial charge in [0.05, 0.1) is 11.5 Å². The Kier molecular flexibility index (Phi) is 8.64. The van der Waals surface area contributed by atoms with Crippen LogP contribution in [0, 0.1) is 6.92 Å². The largest absolute Gasteiger partial charge is 1.00 e. The van der Waals surface area contributed by atoms with Crippen LogP contribution in [0.25, 0.3) is 0 Å². The molecule has 1 atom stereocenters. The van der Waals surface area contributed by atoms with Crippen LogP contribution in [0.4, 0.5) is 0 Å². The SMILES string of the molecule is CCOCCc1s[13c]([13CH](O)c2ccccc2)[n+](Cc2ccccc2)c1C.[Br-]. The minimum atomic E-state index is -0.621. The van der Waals surface area contributed by atoms with Crippen molar-refractivity contribution in [3.8, 4) is 0 Å². The maximum atomic E-state index is 11.0. The van der Waals surface area contributed by atoms with E-state index in [1.54, 1.807) is 11.3 Å². The molecule has 0 radical (unpaired) electrons. The predicted octanol–water partition coefficient (Wildman–Crippen LogP) is 1.06. The summed E-state index contributed by atoms with van der Waals surface area (Å²) < 4.78 is 7.79. The van der Waals surface area contributed by atoms with Crippen LogP contribution in [-0.2, 0) is 17.7 Å². The second kappa shape index (κ2) is 10.7. The lowest BCUT2D eigenvalue weighted by atomic mass is 10.2. The molecular formula is C22H26BrNO2S. The molecule has 5 heteroatoms. The molecule has 0 aliphatic carbocycles. The number of benzene rings is 2. The van der Waals surface area contributed by atoms with Gasteiger partial charge in [-0.15, -0.1) is 0 Å². The maximum absolute atomic E-state index is 11.0. The van der Waals surface area contributed by atoms with Crippen LogP contribution < -0.4 is 21.5 Å². The lowest BCUT2D eigenvalue weighted by Crippen LogP contribution is -3.00. The van der Waals surface area contributed by atoms with Gasteiger partial charge in [-0.05, 0) is 12.5 Å². The maximum Gasteiger partial charge on any atom is 0.271 e. The molecule has 3 aromatic rings. The third-order valence-electron chi connectivity index (χ3n) is 4.51. The van der Waals surface area contributed by atoms with Crippen molar-refractivity contribution in [2.45, 2.75) is 32.9 Å². The van der Waals surface area contributed by atoms with E-state index in [1.165, 1.54) is 16.1 Å². The molecule has 1 unspecified atom stereocenters. The van der Waals surface area contributed by atoms with Gasteiger partial charge in [0.15, 0.2) is 18.3 Å². The van der Waals surface area contributed by atoms with Crippen molar-refractivity contribution in [3.05, 3.63) is 87.4 Å². The van der Waals surface area contributed by atoms with Gasteiger partial charge in [0.2, 0.25) is 0 Å². The van der Waals surface area contributed by atoms with E-state index in [0.29, 0.717) is 6.61 Å². The van der Waals surface area contributed by atoms with Crippen LogP contribution >= 0.6 is 11.3 Å². The zero-order valence-electron chi connectivity index (χ0n) is 15.8. The second-order valence-electron chi connectivity index (χ2n) is 6.28. The highest BCUT2D eigenvalue weighted by Gasteiger charge is 2.29. The summed E-state index contributed by atoms with van der Waals surface area (Å²) in [5.41, 5.74) is 3.37. The molecule has 144 valence electrons. The Hall–Kier alpha value is -1.53. The summed E-state index contributed by atoms with van der Waals surface area (Å²) in [5.74, 6) is 0. The fourth-order valence-electron chi connectivity index (χ4n) is 3.06. The molecule has 0 amide bonds. The Morgan fingerprint density at radius 2 is 1.67 bits per heavy atom. The molecule has 0 spiro atoms.